The molecule has 1 aromatic rings. The lowest BCUT2D eigenvalue weighted by molar-refractivity contribution is 0.198. The SMILES string of the molecule is O=C1OC(=C2CC2)NN1c1ccc(Cl)cc1Cl. The van der Waals surface area contributed by atoms with Gasteiger partial charge in [0.2, 0.25) is 5.88 Å². The Hall–Kier alpha value is -1.39. The third kappa shape index (κ3) is 1.94. The molecule has 1 heterocycles. The standard InChI is InChI=1S/C11H8Cl2N2O2/c12-7-3-4-9(8(13)5-7)15-11(16)17-10(14-15)6-1-2-6/h3-5,14H,1-2H2. The van der Waals surface area contributed by atoms with Gasteiger partial charge in [0.15, 0.2) is 0 Å². The molecule has 3 rings (SSSR count). The molecule has 0 spiro atoms. The molecule has 2 fully saturated rings. The zero-order chi connectivity index (χ0) is 12.0. The second-order valence-electron chi connectivity index (χ2n) is 3.84. The first-order chi connectivity index (χ1) is 8.15. The van der Waals surface area contributed by atoms with Gasteiger partial charge in [0.05, 0.1) is 10.7 Å². The molecule has 0 aromatic heterocycles. The molecule has 1 aliphatic carbocycles. The smallest absolute Gasteiger partial charge is 0.390 e. The van der Waals surface area contributed by atoms with E-state index in [0.29, 0.717) is 21.6 Å². The number of rotatable bonds is 1. The summed E-state index contributed by atoms with van der Waals surface area (Å²) in [5.41, 5.74) is 4.53. The Labute approximate surface area is 108 Å². The average molecular weight is 271 g/mol. The van der Waals surface area contributed by atoms with Crippen molar-refractivity contribution in [2.75, 3.05) is 5.01 Å². The summed E-state index contributed by atoms with van der Waals surface area (Å²) in [6, 6.07) is 4.91. The highest BCUT2D eigenvalue weighted by Crippen LogP contribution is 2.36. The summed E-state index contributed by atoms with van der Waals surface area (Å²) >= 11 is 11.8. The van der Waals surface area contributed by atoms with Crippen molar-refractivity contribution in [3.63, 3.8) is 0 Å². The first kappa shape index (κ1) is 10.7. The van der Waals surface area contributed by atoms with Crippen molar-refractivity contribution in [2.24, 2.45) is 0 Å². The Balaban J connectivity index is 1.94. The molecule has 1 aromatic carbocycles. The van der Waals surface area contributed by atoms with E-state index in [1.165, 1.54) is 5.01 Å². The van der Waals surface area contributed by atoms with Crippen LogP contribution in [0.3, 0.4) is 0 Å². The van der Waals surface area contributed by atoms with Crippen LogP contribution in [0.5, 0.6) is 0 Å². The van der Waals surface area contributed by atoms with Gasteiger partial charge in [0.25, 0.3) is 0 Å². The van der Waals surface area contributed by atoms with Crippen LogP contribution in [0.1, 0.15) is 12.8 Å². The second kappa shape index (κ2) is 3.82. The van der Waals surface area contributed by atoms with Gasteiger partial charge in [-0.3, -0.25) is 5.43 Å². The van der Waals surface area contributed by atoms with Gasteiger partial charge >= 0.3 is 6.09 Å². The maximum Gasteiger partial charge on any atom is 0.440 e. The molecule has 0 atom stereocenters. The first-order valence-corrected chi connectivity index (χ1v) is 5.86. The molecule has 17 heavy (non-hydrogen) atoms. The second-order valence-corrected chi connectivity index (χ2v) is 4.69. The van der Waals surface area contributed by atoms with Crippen molar-refractivity contribution in [1.82, 2.24) is 5.43 Å². The molecule has 2 aliphatic rings. The van der Waals surface area contributed by atoms with Crippen LogP contribution in [0.25, 0.3) is 0 Å². The number of hydrazine groups is 1. The fraction of sp³-hybridized carbons (Fsp3) is 0.182. The van der Waals surface area contributed by atoms with Crippen LogP contribution < -0.4 is 10.4 Å². The highest BCUT2D eigenvalue weighted by atomic mass is 35.5. The summed E-state index contributed by atoms with van der Waals surface area (Å²) in [5, 5.41) is 2.19. The number of anilines is 1. The van der Waals surface area contributed by atoms with Gasteiger partial charge in [-0.05, 0) is 36.6 Å². The zero-order valence-corrected chi connectivity index (χ0v) is 10.2. The number of ether oxygens (including phenoxy) is 1. The van der Waals surface area contributed by atoms with Crippen LogP contribution in [0.4, 0.5) is 10.5 Å². The lowest BCUT2D eigenvalue weighted by Gasteiger charge is -2.14. The molecule has 4 nitrogen and oxygen atoms in total. The number of carbonyl (C=O) groups excluding carboxylic acids is 1. The van der Waals surface area contributed by atoms with Crippen LogP contribution in [-0.4, -0.2) is 6.09 Å². The van der Waals surface area contributed by atoms with E-state index in [0.717, 1.165) is 18.4 Å². The van der Waals surface area contributed by atoms with Crippen LogP contribution >= 0.6 is 23.2 Å². The highest BCUT2D eigenvalue weighted by molar-refractivity contribution is 6.36. The number of carbonyl (C=O) groups is 1. The third-order valence-corrected chi connectivity index (χ3v) is 3.09. The highest BCUT2D eigenvalue weighted by Gasteiger charge is 2.33. The van der Waals surface area contributed by atoms with Gasteiger partial charge in [-0.15, -0.1) is 0 Å². The van der Waals surface area contributed by atoms with Crippen molar-refractivity contribution in [2.45, 2.75) is 12.8 Å². The van der Waals surface area contributed by atoms with Gasteiger partial charge in [0, 0.05) is 5.02 Å². The van der Waals surface area contributed by atoms with E-state index in [1.807, 2.05) is 0 Å². The van der Waals surface area contributed by atoms with E-state index in [9.17, 15) is 4.79 Å². The number of cyclic esters (lactones) is 1. The molecule has 88 valence electrons. The molecule has 1 N–H and O–H groups in total. The molecule has 1 saturated heterocycles. The van der Waals surface area contributed by atoms with Crippen LogP contribution in [0.15, 0.2) is 29.7 Å². The monoisotopic (exact) mass is 270 g/mol. The predicted molar refractivity (Wildman–Crippen MR) is 64.8 cm³/mol. The number of nitrogens with zero attached hydrogens (tertiary/aromatic N) is 1. The number of hydrogen-bond donors (Lipinski definition) is 1. The summed E-state index contributed by atoms with van der Waals surface area (Å²) in [7, 11) is 0. The van der Waals surface area contributed by atoms with Crippen molar-refractivity contribution in [1.29, 1.82) is 0 Å². The quantitative estimate of drug-likeness (QED) is 0.850. The molecule has 0 radical (unpaired) electrons. The van der Waals surface area contributed by atoms with Crippen LogP contribution in [0.2, 0.25) is 10.0 Å². The summed E-state index contributed by atoms with van der Waals surface area (Å²) < 4.78 is 5.10. The average Bonchev–Trinajstić information content (AvgIpc) is 3.04. The minimum Gasteiger partial charge on any atom is -0.390 e. The van der Waals surface area contributed by atoms with Crippen LogP contribution in [-0.2, 0) is 4.74 Å². The molecule has 0 bridgehead atoms. The van der Waals surface area contributed by atoms with E-state index in [-0.39, 0.29) is 0 Å². The van der Waals surface area contributed by atoms with Crippen molar-refractivity contribution >= 4 is 35.0 Å². The molecule has 0 unspecified atom stereocenters. The maximum absolute atomic E-state index is 11.7. The number of nitrogens with one attached hydrogen (secondary N) is 1. The molecule has 1 saturated carbocycles. The van der Waals surface area contributed by atoms with Crippen molar-refractivity contribution in [3.8, 4) is 0 Å². The van der Waals surface area contributed by atoms with E-state index >= 15 is 0 Å². The number of amides is 1. The summed E-state index contributed by atoms with van der Waals surface area (Å²) in [4.78, 5) is 11.7. The molecule has 1 amide bonds. The molecular formula is C11H8Cl2N2O2. The van der Waals surface area contributed by atoms with Gasteiger partial charge in [-0.2, -0.15) is 5.01 Å². The Kier molecular flexibility index (Phi) is 2.42. The fourth-order valence-electron chi connectivity index (χ4n) is 1.56. The fourth-order valence-corrected chi connectivity index (χ4v) is 2.06. The van der Waals surface area contributed by atoms with E-state index in [4.69, 9.17) is 27.9 Å². The summed E-state index contributed by atoms with van der Waals surface area (Å²) in [6.45, 7) is 0. The third-order valence-electron chi connectivity index (χ3n) is 2.56. The summed E-state index contributed by atoms with van der Waals surface area (Å²) in [6.07, 6.45) is 1.46. The number of halogens is 2. The minimum atomic E-state index is -0.483. The van der Waals surface area contributed by atoms with Gasteiger partial charge in [0.1, 0.15) is 0 Å². The Morgan fingerprint density at radius 2 is 2.06 bits per heavy atom. The molecule has 1 aliphatic heterocycles. The van der Waals surface area contributed by atoms with E-state index in [1.54, 1.807) is 18.2 Å². The van der Waals surface area contributed by atoms with Gasteiger partial charge < -0.3 is 4.74 Å². The minimum absolute atomic E-state index is 0.393. The topological polar surface area (TPSA) is 41.6 Å². The van der Waals surface area contributed by atoms with Gasteiger partial charge in [-0.25, -0.2) is 4.79 Å². The lowest BCUT2D eigenvalue weighted by atomic mass is 10.3. The number of hydrogen-bond acceptors (Lipinski definition) is 3. The largest absolute Gasteiger partial charge is 0.440 e. The Morgan fingerprint density at radius 3 is 2.71 bits per heavy atom. The summed E-state index contributed by atoms with van der Waals surface area (Å²) in [5.74, 6) is 0.529. The normalized spacial score (nSPS) is 18.2. The Morgan fingerprint density at radius 1 is 1.29 bits per heavy atom. The van der Waals surface area contributed by atoms with E-state index in [2.05, 4.69) is 5.43 Å². The maximum atomic E-state index is 11.7. The zero-order valence-electron chi connectivity index (χ0n) is 8.67. The molecular weight excluding hydrogens is 263 g/mol. The van der Waals surface area contributed by atoms with Crippen molar-refractivity contribution in [3.05, 3.63) is 39.7 Å². The van der Waals surface area contributed by atoms with Gasteiger partial charge in [-0.1, -0.05) is 23.2 Å². The van der Waals surface area contributed by atoms with Crippen molar-refractivity contribution < 1.29 is 9.53 Å². The predicted octanol–water partition coefficient (Wildman–Crippen LogP) is 3.46. The number of benzene rings is 1. The first-order valence-electron chi connectivity index (χ1n) is 5.11. The number of allylic oxidation sites excluding steroid dienone is 1. The lowest BCUT2D eigenvalue weighted by Crippen LogP contribution is -2.33. The van der Waals surface area contributed by atoms with Crippen LogP contribution in [0, 0.1) is 0 Å². The van der Waals surface area contributed by atoms with E-state index < -0.39 is 6.09 Å². The molecule has 6 heteroatoms. The Bertz CT molecular complexity index is 536.